The van der Waals surface area contributed by atoms with E-state index < -0.39 is 11.7 Å². The molecule has 0 spiro atoms. The first-order chi connectivity index (χ1) is 11.9. The Labute approximate surface area is 142 Å². The summed E-state index contributed by atoms with van der Waals surface area (Å²) >= 11 is 0. The Morgan fingerprint density at radius 1 is 0.680 bits per heavy atom. The Kier molecular flexibility index (Phi) is 4.57. The molecule has 0 saturated carbocycles. The van der Waals surface area contributed by atoms with Crippen molar-refractivity contribution >= 4 is 17.2 Å². The third kappa shape index (κ3) is 4.07. The third-order valence-corrected chi connectivity index (χ3v) is 3.68. The van der Waals surface area contributed by atoms with E-state index in [2.05, 4.69) is 5.32 Å². The third-order valence-electron chi connectivity index (χ3n) is 3.68. The molecule has 0 saturated heterocycles. The Morgan fingerprint density at radius 3 is 1.68 bits per heavy atom. The van der Waals surface area contributed by atoms with Crippen LogP contribution in [0.3, 0.4) is 0 Å². The molecular weight excluding hydrogens is 327 g/mol. The molecule has 0 atom stereocenters. The number of carbonyl (C=O) groups is 1. The number of benzene rings is 3. The number of alkyl halides is 3. The first kappa shape index (κ1) is 16.8. The Balaban J connectivity index is 1.72. The summed E-state index contributed by atoms with van der Waals surface area (Å²) in [7, 11) is 0. The molecule has 0 aliphatic heterocycles. The van der Waals surface area contributed by atoms with E-state index in [1.165, 1.54) is 12.1 Å². The highest BCUT2D eigenvalue weighted by molar-refractivity contribution is 6.09. The lowest BCUT2D eigenvalue weighted by Gasteiger charge is -2.10. The van der Waals surface area contributed by atoms with Crippen LogP contribution in [0.2, 0.25) is 0 Å². The molecule has 0 fully saturated rings. The largest absolute Gasteiger partial charge is 0.416 e. The smallest absolute Gasteiger partial charge is 0.356 e. The van der Waals surface area contributed by atoms with Crippen molar-refractivity contribution in [2.45, 2.75) is 6.18 Å². The zero-order valence-electron chi connectivity index (χ0n) is 13.0. The second-order valence-electron chi connectivity index (χ2n) is 5.47. The van der Waals surface area contributed by atoms with E-state index >= 15 is 0 Å². The number of hydrogen-bond acceptors (Lipinski definition) is 2. The van der Waals surface area contributed by atoms with Crippen LogP contribution < -0.4 is 5.32 Å². The molecule has 0 aromatic heterocycles. The van der Waals surface area contributed by atoms with Crippen molar-refractivity contribution in [2.75, 3.05) is 5.32 Å². The summed E-state index contributed by atoms with van der Waals surface area (Å²) in [4.78, 5) is 12.3. The highest BCUT2D eigenvalue weighted by Gasteiger charge is 2.29. The molecule has 1 N–H and O–H groups in total. The lowest BCUT2D eigenvalue weighted by atomic mass is 10.0. The summed E-state index contributed by atoms with van der Waals surface area (Å²) in [5.74, 6) is -0.0818. The van der Waals surface area contributed by atoms with Gasteiger partial charge in [0.15, 0.2) is 5.78 Å². The molecule has 3 aromatic rings. The summed E-state index contributed by atoms with van der Waals surface area (Å²) in [5, 5.41) is 3.01. The molecule has 3 rings (SSSR count). The number of ketones is 1. The van der Waals surface area contributed by atoms with Crippen molar-refractivity contribution in [3.05, 3.63) is 95.6 Å². The zero-order chi connectivity index (χ0) is 17.9. The van der Waals surface area contributed by atoms with Gasteiger partial charge in [-0.05, 0) is 48.5 Å². The van der Waals surface area contributed by atoms with Gasteiger partial charge in [-0.25, -0.2) is 0 Å². The fraction of sp³-hybridized carbons (Fsp3) is 0.0500. The minimum absolute atomic E-state index is 0.0818. The molecule has 126 valence electrons. The molecule has 0 unspecified atom stereocenters. The first-order valence-electron chi connectivity index (χ1n) is 7.57. The quantitative estimate of drug-likeness (QED) is 0.619. The minimum Gasteiger partial charge on any atom is -0.356 e. The maximum absolute atomic E-state index is 12.6. The minimum atomic E-state index is -4.35. The molecule has 0 aliphatic carbocycles. The van der Waals surface area contributed by atoms with Crippen molar-refractivity contribution in [2.24, 2.45) is 0 Å². The van der Waals surface area contributed by atoms with Crippen LogP contribution in [0.1, 0.15) is 21.5 Å². The topological polar surface area (TPSA) is 29.1 Å². The molecule has 3 aromatic carbocycles. The van der Waals surface area contributed by atoms with Gasteiger partial charge in [-0.3, -0.25) is 4.79 Å². The van der Waals surface area contributed by atoms with Crippen molar-refractivity contribution in [3.8, 4) is 0 Å². The average molecular weight is 341 g/mol. The summed E-state index contributed by atoms with van der Waals surface area (Å²) in [6.07, 6.45) is -4.35. The van der Waals surface area contributed by atoms with Crippen molar-refractivity contribution < 1.29 is 18.0 Å². The fourth-order valence-corrected chi connectivity index (χ4v) is 2.37. The van der Waals surface area contributed by atoms with Crippen molar-refractivity contribution in [3.63, 3.8) is 0 Å². The van der Waals surface area contributed by atoms with Gasteiger partial charge in [0, 0.05) is 22.5 Å². The van der Waals surface area contributed by atoms with Crippen LogP contribution in [-0.2, 0) is 6.18 Å². The average Bonchev–Trinajstić information content (AvgIpc) is 2.62. The SMILES string of the molecule is O=C(c1ccccc1)c1ccc(Nc2ccc(C(F)(F)F)cc2)cc1. The van der Waals surface area contributed by atoms with Gasteiger partial charge >= 0.3 is 6.18 Å². The number of rotatable bonds is 4. The van der Waals surface area contributed by atoms with Crippen LogP contribution in [0, 0.1) is 0 Å². The van der Waals surface area contributed by atoms with E-state index in [-0.39, 0.29) is 5.78 Å². The van der Waals surface area contributed by atoms with Gasteiger partial charge in [0.25, 0.3) is 0 Å². The van der Waals surface area contributed by atoms with Crippen LogP contribution >= 0.6 is 0 Å². The van der Waals surface area contributed by atoms with Crippen molar-refractivity contribution in [1.29, 1.82) is 0 Å². The van der Waals surface area contributed by atoms with E-state index in [0.717, 1.165) is 12.1 Å². The lowest BCUT2D eigenvalue weighted by Crippen LogP contribution is -2.04. The zero-order valence-corrected chi connectivity index (χ0v) is 13.0. The Bertz CT molecular complexity index is 854. The number of nitrogens with one attached hydrogen (secondary N) is 1. The lowest BCUT2D eigenvalue weighted by molar-refractivity contribution is -0.137. The van der Waals surface area contributed by atoms with Gasteiger partial charge in [0.2, 0.25) is 0 Å². The van der Waals surface area contributed by atoms with E-state index in [9.17, 15) is 18.0 Å². The number of carbonyl (C=O) groups excluding carboxylic acids is 1. The maximum Gasteiger partial charge on any atom is 0.416 e. The Hall–Kier alpha value is -3.08. The van der Waals surface area contributed by atoms with Gasteiger partial charge in [0.1, 0.15) is 0 Å². The highest BCUT2D eigenvalue weighted by Crippen LogP contribution is 2.30. The first-order valence-corrected chi connectivity index (χ1v) is 7.57. The molecule has 0 amide bonds. The molecule has 0 heterocycles. The van der Waals surface area contributed by atoms with Crippen molar-refractivity contribution in [1.82, 2.24) is 0 Å². The summed E-state index contributed by atoms with van der Waals surface area (Å²) < 4.78 is 37.7. The summed E-state index contributed by atoms with van der Waals surface area (Å²) in [6, 6.07) is 20.5. The molecule has 25 heavy (non-hydrogen) atoms. The van der Waals surface area contributed by atoms with E-state index in [1.807, 2.05) is 6.07 Å². The van der Waals surface area contributed by atoms with Crippen LogP contribution in [0.4, 0.5) is 24.5 Å². The van der Waals surface area contributed by atoms with Crippen LogP contribution in [0.15, 0.2) is 78.9 Å². The fourth-order valence-electron chi connectivity index (χ4n) is 2.37. The van der Waals surface area contributed by atoms with Gasteiger partial charge in [-0.15, -0.1) is 0 Å². The second kappa shape index (κ2) is 6.81. The summed E-state index contributed by atoms with van der Waals surface area (Å²) in [5.41, 5.74) is 1.68. The highest BCUT2D eigenvalue weighted by atomic mass is 19.4. The van der Waals surface area contributed by atoms with Crippen LogP contribution in [0.5, 0.6) is 0 Å². The monoisotopic (exact) mass is 341 g/mol. The summed E-state index contributed by atoms with van der Waals surface area (Å²) in [6.45, 7) is 0. The molecule has 2 nitrogen and oxygen atoms in total. The van der Waals surface area contributed by atoms with Gasteiger partial charge in [-0.2, -0.15) is 13.2 Å². The van der Waals surface area contributed by atoms with E-state index in [1.54, 1.807) is 48.5 Å². The molecular formula is C20H14F3NO. The number of halogens is 3. The van der Waals surface area contributed by atoms with Gasteiger partial charge < -0.3 is 5.32 Å². The number of anilines is 2. The second-order valence-corrected chi connectivity index (χ2v) is 5.47. The number of hydrogen-bond donors (Lipinski definition) is 1. The van der Waals surface area contributed by atoms with Crippen LogP contribution in [0.25, 0.3) is 0 Å². The van der Waals surface area contributed by atoms with E-state index in [4.69, 9.17) is 0 Å². The molecule has 0 aliphatic rings. The normalized spacial score (nSPS) is 11.2. The predicted molar refractivity (Wildman–Crippen MR) is 91.0 cm³/mol. The predicted octanol–water partition coefficient (Wildman–Crippen LogP) is 5.68. The van der Waals surface area contributed by atoms with Gasteiger partial charge in [0.05, 0.1) is 5.56 Å². The molecule has 0 radical (unpaired) electrons. The molecule has 0 bridgehead atoms. The Morgan fingerprint density at radius 2 is 1.16 bits per heavy atom. The van der Waals surface area contributed by atoms with E-state index in [0.29, 0.717) is 22.5 Å². The molecule has 5 heteroatoms. The van der Waals surface area contributed by atoms with Crippen LogP contribution in [-0.4, -0.2) is 5.78 Å². The standard InChI is InChI=1S/C20H14F3NO/c21-20(22,23)16-8-12-18(13-9-16)24-17-10-6-15(7-11-17)19(25)14-4-2-1-3-5-14/h1-13,24H. The van der Waals surface area contributed by atoms with Gasteiger partial charge in [-0.1, -0.05) is 30.3 Å². The maximum atomic E-state index is 12.6.